The largest absolute Gasteiger partial charge is 0.744 e. The molecule has 7 nitrogen and oxygen atoms in total. The molecule has 0 spiro atoms. The maximum absolute atomic E-state index is 10.4. The molecule has 1 aromatic carbocycles. The van der Waals surface area contributed by atoms with Crippen molar-refractivity contribution in [1.82, 2.24) is 14.5 Å². The van der Waals surface area contributed by atoms with E-state index >= 15 is 0 Å². The summed E-state index contributed by atoms with van der Waals surface area (Å²) in [4.78, 5) is 8.44. The van der Waals surface area contributed by atoms with Crippen LogP contribution >= 0.6 is 11.8 Å². The zero-order valence-corrected chi connectivity index (χ0v) is 15.4. The van der Waals surface area contributed by atoms with Crippen LogP contribution in [0.5, 0.6) is 0 Å². The number of hydrogen-bond donors (Lipinski definition) is 0. The van der Waals surface area contributed by atoms with Crippen molar-refractivity contribution in [3.05, 3.63) is 42.5 Å². The zero-order chi connectivity index (χ0) is 17.9. The minimum absolute atomic E-state index is 0.178. The Balaban J connectivity index is 0.000000177. The van der Waals surface area contributed by atoms with Crippen LogP contribution in [0.1, 0.15) is 5.56 Å². The summed E-state index contributed by atoms with van der Waals surface area (Å²) in [6.45, 7) is 1.82. The van der Waals surface area contributed by atoms with Gasteiger partial charge in [0.2, 0.25) is 11.4 Å². The first-order valence-electron chi connectivity index (χ1n) is 6.96. The molecular formula is C15H18N4O3S2. The topological polar surface area (TPSA) is 91.8 Å². The number of rotatable bonds is 2. The molecule has 128 valence electrons. The van der Waals surface area contributed by atoms with Crippen LogP contribution < -0.4 is 4.57 Å². The summed E-state index contributed by atoms with van der Waals surface area (Å²) in [5.41, 5.74) is 3.00. The first-order valence-corrected chi connectivity index (χ1v) is 9.59. The van der Waals surface area contributed by atoms with Gasteiger partial charge in [-0.1, -0.05) is 34.4 Å². The van der Waals surface area contributed by atoms with Gasteiger partial charge in [-0.15, -0.1) is 4.98 Å². The van der Waals surface area contributed by atoms with Crippen molar-refractivity contribution in [2.45, 2.75) is 16.8 Å². The van der Waals surface area contributed by atoms with Crippen molar-refractivity contribution in [3.63, 3.8) is 0 Å². The Bertz CT molecular complexity index is 951. The predicted molar refractivity (Wildman–Crippen MR) is 90.6 cm³/mol. The summed E-state index contributed by atoms with van der Waals surface area (Å²) in [6, 6.07) is 5.78. The molecule has 0 fully saturated rings. The minimum Gasteiger partial charge on any atom is -0.744 e. The molecule has 0 amide bonds. The molecule has 0 aliphatic carbocycles. The average molecular weight is 366 g/mol. The third-order valence-corrected chi connectivity index (χ3v) is 4.84. The fourth-order valence-electron chi connectivity index (χ4n) is 2.03. The second kappa shape index (κ2) is 7.29. The van der Waals surface area contributed by atoms with E-state index in [0.717, 1.165) is 21.8 Å². The van der Waals surface area contributed by atoms with Gasteiger partial charge < -0.3 is 9.12 Å². The van der Waals surface area contributed by atoms with E-state index < -0.39 is 10.1 Å². The van der Waals surface area contributed by atoms with Gasteiger partial charge in [-0.05, 0) is 25.3 Å². The lowest BCUT2D eigenvalue weighted by molar-refractivity contribution is -0.650. The summed E-state index contributed by atoms with van der Waals surface area (Å²) in [7, 11) is -0.336. The SMILES string of the molecule is CSc1nc[n+](C)c2ncn(C)c12.Cc1ccc(S(=O)(=O)[O-])cc1. The van der Waals surface area contributed by atoms with Crippen LogP contribution in [-0.4, -0.2) is 33.8 Å². The molecular weight excluding hydrogens is 348 g/mol. The minimum atomic E-state index is -4.27. The maximum Gasteiger partial charge on any atom is 0.292 e. The highest BCUT2D eigenvalue weighted by Crippen LogP contribution is 2.19. The molecule has 3 aromatic rings. The molecule has 9 heteroatoms. The maximum atomic E-state index is 10.4. The quantitative estimate of drug-likeness (QED) is 0.295. The molecule has 0 aliphatic heterocycles. The molecule has 0 aliphatic rings. The molecule has 0 saturated carbocycles. The number of benzene rings is 1. The second-order valence-electron chi connectivity index (χ2n) is 5.16. The fourth-order valence-corrected chi connectivity index (χ4v) is 3.08. The molecule has 2 heterocycles. The van der Waals surface area contributed by atoms with E-state index in [-0.39, 0.29) is 4.90 Å². The predicted octanol–water partition coefficient (Wildman–Crippen LogP) is 1.41. The first kappa shape index (κ1) is 18.4. The van der Waals surface area contributed by atoms with Crippen LogP contribution in [0.4, 0.5) is 0 Å². The number of nitrogens with zero attached hydrogens (tertiary/aromatic N) is 4. The number of thioether (sulfide) groups is 1. The van der Waals surface area contributed by atoms with Crippen LogP contribution in [-0.2, 0) is 24.2 Å². The summed E-state index contributed by atoms with van der Waals surface area (Å²) in [5, 5.41) is 1.02. The van der Waals surface area contributed by atoms with Gasteiger partial charge in [-0.3, -0.25) is 0 Å². The summed E-state index contributed by atoms with van der Waals surface area (Å²) >= 11 is 1.64. The van der Waals surface area contributed by atoms with Crippen molar-refractivity contribution >= 4 is 33.0 Å². The van der Waals surface area contributed by atoms with Gasteiger partial charge in [-0.2, -0.15) is 0 Å². The molecule has 0 radical (unpaired) electrons. The van der Waals surface area contributed by atoms with Crippen molar-refractivity contribution in [2.75, 3.05) is 6.26 Å². The van der Waals surface area contributed by atoms with Crippen molar-refractivity contribution in [1.29, 1.82) is 0 Å². The first-order chi connectivity index (χ1) is 11.2. The summed E-state index contributed by atoms with van der Waals surface area (Å²) < 4.78 is 35.1. The molecule has 24 heavy (non-hydrogen) atoms. The van der Waals surface area contributed by atoms with E-state index in [1.165, 1.54) is 12.1 Å². The van der Waals surface area contributed by atoms with Gasteiger partial charge in [0.1, 0.15) is 10.1 Å². The Morgan fingerprint density at radius 1 is 1.21 bits per heavy atom. The van der Waals surface area contributed by atoms with Crippen LogP contribution in [0.15, 0.2) is 46.8 Å². The van der Waals surface area contributed by atoms with Crippen molar-refractivity contribution in [2.24, 2.45) is 14.1 Å². The molecule has 0 saturated heterocycles. The molecule has 0 bridgehead atoms. The van der Waals surface area contributed by atoms with E-state index in [1.54, 1.807) is 30.2 Å². The third-order valence-electron chi connectivity index (χ3n) is 3.31. The van der Waals surface area contributed by atoms with Gasteiger partial charge in [0.25, 0.3) is 5.65 Å². The van der Waals surface area contributed by atoms with E-state index in [1.807, 2.05) is 42.7 Å². The molecule has 0 atom stereocenters. The average Bonchev–Trinajstić information content (AvgIpc) is 2.91. The lowest BCUT2D eigenvalue weighted by Crippen LogP contribution is -2.29. The Morgan fingerprint density at radius 3 is 2.38 bits per heavy atom. The van der Waals surface area contributed by atoms with Gasteiger partial charge in [0, 0.05) is 7.05 Å². The second-order valence-corrected chi connectivity index (χ2v) is 7.33. The number of aryl methyl sites for hydroxylation is 3. The Kier molecular flexibility index (Phi) is 5.58. The van der Waals surface area contributed by atoms with Gasteiger partial charge >= 0.3 is 0 Å². The Labute approximate surface area is 145 Å². The van der Waals surface area contributed by atoms with Crippen LogP contribution in [0.3, 0.4) is 0 Å². The van der Waals surface area contributed by atoms with Gasteiger partial charge in [0.05, 0.1) is 11.9 Å². The summed E-state index contributed by atoms with van der Waals surface area (Å²) in [6.07, 6.45) is 5.63. The molecule has 0 N–H and O–H groups in total. The fraction of sp³-hybridized carbons (Fsp3) is 0.267. The van der Waals surface area contributed by atoms with Crippen LogP contribution in [0, 0.1) is 6.92 Å². The zero-order valence-electron chi connectivity index (χ0n) is 13.8. The van der Waals surface area contributed by atoms with Crippen LogP contribution in [0.25, 0.3) is 11.2 Å². The number of hydrogen-bond acceptors (Lipinski definition) is 6. The van der Waals surface area contributed by atoms with E-state index in [0.29, 0.717) is 0 Å². The highest BCUT2D eigenvalue weighted by atomic mass is 32.2. The lowest BCUT2D eigenvalue weighted by Gasteiger charge is -2.05. The third kappa shape index (κ3) is 4.11. The summed E-state index contributed by atoms with van der Waals surface area (Å²) in [5.74, 6) is 0. The number of fused-ring (bicyclic) bond motifs is 1. The number of aromatic nitrogens is 4. The van der Waals surface area contributed by atoms with E-state index in [2.05, 4.69) is 9.97 Å². The van der Waals surface area contributed by atoms with Crippen LogP contribution in [0.2, 0.25) is 0 Å². The smallest absolute Gasteiger partial charge is 0.292 e. The van der Waals surface area contributed by atoms with E-state index in [9.17, 15) is 13.0 Å². The molecule has 3 rings (SSSR count). The monoisotopic (exact) mass is 366 g/mol. The van der Waals surface area contributed by atoms with Crippen molar-refractivity contribution in [3.8, 4) is 0 Å². The van der Waals surface area contributed by atoms with Gasteiger partial charge in [-0.25, -0.2) is 13.0 Å². The molecule has 2 aromatic heterocycles. The van der Waals surface area contributed by atoms with E-state index in [4.69, 9.17) is 0 Å². The Hall–Kier alpha value is -1.97. The standard InChI is InChI=1S/C8H11N4S.C7H8O3S/c1-11-4-9-7-6(11)8(13-3)10-5-12(7)2;1-6-2-4-7(5-3-6)11(8,9)10/h4-5H,1-3H3;2-5H,1H3,(H,8,9,10)/q+1;/p-1. The Morgan fingerprint density at radius 2 is 1.83 bits per heavy atom. The normalized spacial score (nSPS) is 11.2. The highest BCUT2D eigenvalue weighted by Gasteiger charge is 2.15. The van der Waals surface area contributed by atoms with Crippen molar-refractivity contribution < 1.29 is 17.5 Å². The highest BCUT2D eigenvalue weighted by molar-refractivity contribution is 7.98. The molecule has 0 unspecified atom stereocenters. The lowest BCUT2D eigenvalue weighted by atomic mass is 10.2. The number of imidazole rings is 1. The van der Waals surface area contributed by atoms with Gasteiger partial charge in [0.15, 0.2) is 11.8 Å².